The van der Waals surface area contributed by atoms with Crippen LogP contribution in [-0.4, -0.2) is 19.1 Å². The second-order valence-electron chi connectivity index (χ2n) is 2.13. The molecule has 1 aliphatic heterocycles. The first kappa shape index (κ1) is 5.58. The monoisotopic (exact) mass is 110 g/mol. The molecular formula is C6H10N2. The summed E-state index contributed by atoms with van der Waals surface area (Å²) in [5.74, 6) is 0. The summed E-state index contributed by atoms with van der Waals surface area (Å²) in [5.41, 5.74) is 0. The lowest BCUT2D eigenvalue weighted by atomic mass is 10.1. The van der Waals surface area contributed by atoms with Crippen LogP contribution in [0.25, 0.3) is 4.85 Å². The first-order valence-electron chi connectivity index (χ1n) is 3.01. The van der Waals surface area contributed by atoms with E-state index < -0.39 is 0 Å². The summed E-state index contributed by atoms with van der Waals surface area (Å²) < 4.78 is 0. The average molecular weight is 110 g/mol. The van der Waals surface area contributed by atoms with Crippen LogP contribution in [0, 0.1) is 6.57 Å². The predicted octanol–water partition coefficient (Wildman–Crippen LogP) is 0.658. The van der Waals surface area contributed by atoms with Crippen LogP contribution in [0.5, 0.6) is 0 Å². The fourth-order valence-corrected chi connectivity index (χ4v) is 0.944. The Balaban J connectivity index is 2.25. The number of nitrogens with one attached hydrogen (secondary N) is 1. The zero-order chi connectivity index (χ0) is 5.82. The molecule has 0 bridgehead atoms. The number of rotatable bonds is 0. The molecule has 44 valence electrons. The highest BCUT2D eigenvalue weighted by atomic mass is 14.9. The maximum Gasteiger partial charge on any atom is 0.236 e. The van der Waals surface area contributed by atoms with Gasteiger partial charge in [0.25, 0.3) is 0 Å². The highest BCUT2D eigenvalue weighted by Gasteiger charge is 2.14. The molecule has 0 aliphatic carbocycles. The standard InChI is InChI=1S/C6H10N2/c1-7-6-3-2-4-8-5-6/h6,8H,2-5H2/t6-/m1/s1. The lowest BCUT2D eigenvalue weighted by Gasteiger charge is -2.12. The van der Waals surface area contributed by atoms with Gasteiger partial charge in [-0.25, -0.2) is 6.57 Å². The molecule has 2 nitrogen and oxygen atoms in total. The minimum absolute atomic E-state index is 0.267. The molecule has 0 unspecified atom stereocenters. The fraction of sp³-hybridized carbons (Fsp3) is 0.833. The second kappa shape index (κ2) is 2.68. The fourth-order valence-electron chi connectivity index (χ4n) is 0.944. The number of hydrogen-bond donors (Lipinski definition) is 1. The Morgan fingerprint density at radius 2 is 2.50 bits per heavy atom. The first-order valence-corrected chi connectivity index (χ1v) is 3.01. The minimum Gasteiger partial charge on any atom is -0.312 e. The van der Waals surface area contributed by atoms with Gasteiger partial charge in [-0.2, -0.15) is 0 Å². The van der Waals surface area contributed by atoms with E-state index in [4.69, 9.17) is 6.57 Å². The van der Waals surface area contributed by atoms with Crippen LogP contribution in [0.3, 0.4) is 0 Å². The largest absolute Gasteiger partial charge is 0.312 e. The van der Waals surface area contributed by atoms with E-state index in [0.29, 0.717) is 0 Å². The SMILES string of the molecule is [C-]#[N+][C@@H]1CCCNC1. The van der Waals surface area contributed by atoms with Gasteiger partial charge in [0, 0.05) is 6.42 Å². The van der Waals surface area contributed by atoms with E-state index in [1.165, 1.54) is 6.42 Å². The molecule has 1 rings (SSSR count). The second-order valence-corrected chi connectivity index (χ2v) is 2.13. The average Bonchev–Trinajstić information content (AvgIpc) is 1.90. The summed E-state index contributed by atoms with van der Waals surface area (Å²) >= 11 is 0. The van der Waals surface area contributed by atoms with Crippen LogP contribution < -0.4 is 5.32 Å². The van der Waals surface area contributed by atoms with Gasteiger partial charge in [0.15, 0.2) is 0 Å². The summed E-state index contributed by atoms with van der Waals surface area (Å²) in [6.07, 6.45) is 2.27. The quantitative estimate of drug-likeness (QED) is 0.453. The van der Waals surface area contributed by atoms with Crippen LogP contribution in [0.15, 0.2) is 0 Å². The van der Waals surface area contributed by atoms with Gasteiger partial charge in [-0.05, 0) is 13.0 Å². The van der Waals surface area contributed by atoms with Crippen LogP contribution >= 0.6 is 0 Å². The Bertz CT molecular complexity index is 97.6. The van der Waals surface area contributed by atoms with Crippen molar-refractivity contribution in [2.45, 2.75) is 18.9 Å². The molecule has 2 heteroatoms. The molecule has 1 fully saturated rings. The summed E-state index contributed by atoms with van der Waals surface area (Å²) in [7, 11) is 0. The van der Waals surface area contributed by atoms with Crippen molar-refractivity contribution in [2.24, 2.45) is 0 Å². The van der Waals surface area contributed by atoms with Crippen molar-refractivity contribution in [3.8, 4) is 0 Å². The Morgan fingerprint density at radius 1 is 1.62 bits per heavy atom. The molecule has 1 N–H and O–H groups in total. The lowest BCUT2D eigenvalue weighted by Crippen LogP contribution is -2.31. The highest BCUT2D eigenvalue weighted by molar-refractivity contribution is 4.83. The van der Waals surface area contributed by atoms with Gasteiger partial charge in [0.1, 0.15) is 0 Å². The van der Waals surface area contributed by atoms with Crippen molar-refractivity contribution in [2.75, 3.05) is 13.1 Å². The van der Waals surface area contributed by atoms with E-state index in [-0.39, 0.29) is 6.04 Å². The normalized spacial score (nSPS) is 29.1. The molecule has 1 saturated heterocycles. The van der Waals surface area contributed by atoms with Crippen molar-refractivity contribution < 1.29 is 0 Å². The van der Waals surface area contributed by atoms with Crippen molar-refractivity contribution in [3.63, 3.8) is 0 Å². The number of hydrogen-bond acceptors (Lipinski definition) is 1. The number of nitrogens with zero attached hydrogens (tertiary/aromatic N) is 1. The Hall–Kier alpha value is -0.550. The van der Waals surface area contributed by atoms with Gasteiger partial charge >= 0.3 is 0 Å². The maximum atomic E-state index is 6.68. The Morgan fingerprint density at radius 3 is 2.88 bits per heavy atom. The minimum atomic E-state index is 0.267. The zero-order valence-corrected chi connectivity index (χ0v) is 4.85. The molecule has 0 spiro atoms. The van der Waals surface area contributed by atoms with E-state index in [1.807, 2.05) is 0 Å². The van der Waals surface area contributed by atoms with Crippen LogP contribution in [0.4, 0.5) is 0 Å². The van der Waals surface area contributed by atoms with Gasteiger partial charge in [0.05, 0.1) is 6.54 Å². The number of piperidine rings is 1. The summed E-state index contributed by atoms with van der Waals surface area (Å²) in [6.45, 7) is 8.69. The maximum absolute atomic E-state index is 6.68. The first-order chi connectivity index (χ1) is 3.93. The third-order valence-electron chi connectivity index (χ3n) is 1.45. The molecule has 8 heavy (non-hydrogen) atoms. The molecule has 0 amide bonds. The molecule has 1 aliphatic rings. The lowest BCUT2D eigenvalue weighted by molar-refractivity contribution is 0.497. The molecule has 0 aromatic heterocycles. The van der Waals surface area contributed by atoms with E-state index in [2.05, 4.69) is 10.2 Å². The summed E-state index contributed by atoms with van der Waals surface area (Å²) in [4.78, 5) is 3.44. The van der Waals surface area contributed by atoms with Gasteiger partial charge in [-0.3, -0.25) is 0 Å². The molecule has 0 saturated carbocycles. The van der Waals surface area contributed by atoms with E-state index in [0.717, 1.165) is 19.5 Å². The highest BCUT2D eigenvalue weighted by Crippen LogP contribution is 2.03. The van der Waals surface area contributed by atoms with Gasteiger partial charge < -0.3 is 10.2 Å². The molecule has 1 heterocycles. The van der Waals surface area contributed by atoms with Gasteiger partial charge in [0.2, 0.25) is 6.04 Å². The van der Waals surface area contributed by atoms with Crippen molar-refractivity contribution >= 4 is 0 Å². The zero-order valence-electron chi connectivity index (χ0n) is 4.85. The Labute approximate surface area is 49.7 Å². The summed E-state index contributed by atoms with van der Waals surface area (Å²) in [6, 6.07) is 0.267. The molecule has 0 aromatic rings. The van der Waals surface area contributed by atoms with E-state index >= 15 is 0 Å². The smallest absolute Gasteiger partial charge is 0.236 e. The Kier molecular flexibility index (Phi) is 1.87. The third-order valence-corrected chi connectivity index (χ3v) is 1.45. The summed E-state index contributed by atoms with van der Waals surface area (Å²) in [5, 5.41) is 3.17. The van der Waals surface area contributed by atoms with E-state index in [1.54, 1.807) is 0 Å². The molecule has 0 radical (unpaired) electrons. The van der Waals surface area contributed by atoms with Crippen molar-refractivity contribution in [1.82, 2.24) is 5.32 Å². The molecule has 1 atom stereocenters. The van der Waals surface area contributed by atoms with Crippen LogP contribution in [0.1, 0.15) is 12.8 Å². The van der Waals surface area contributed by atoms with Crippen LogP contribution in [0.2, 0.25) is 0 Å². The topological polar surface area (TPSA) is 16.4 Å². The van der Waals surface area contributed by atoms with Gasteiger partial charge in [-0.15, -0.1) is 0 Å². The van der Waals surface area contributed by atoms with E-state index in [9.17, 15) is 0 Å². The van der Waals surface area contributed by atoms with Gasteiger partial charge in [-0.1, -0.05) is 0 Å². The third kappa shape index (κ3) is 1.21. The van der Waals surface area contributed by atoms with Crippen molar-refractivity contribution in [1.29, 1.82) is 0 Å². The van der Waals surface area contributed by atoms with Crippen LogP contribution in [-0.2, 0) is 0 Å². The molecule has 0 aromatic carbocycles. The predicted molar refractivity (Wildman–Crippen MR) is 32.5 cm³/mol. The molecular weight excluding hydrogens is 100 g/mol. The van der Waals surface area contributed by atoms with Crippen molar-refractivity contribution in [3.05, 3.63) is 11.4 Å².